The number of hydrogen-bond acceptors (Lipinski definition) is 3. The maximum absolute atomic E-state index is 11.8. The first-order valence-corrected chi connectivity index (χ1v) is 5.28. The third kappa shape index (κ3) is 2.30. The molecule has 2 unspecified atom stereocenters. The van der Waals surface area contributed by atoms with Crippen LogP contribution in [0, 0.1) is 0 Å². The van der Waals surface area contributed by atoms with Crippen LogP contribution in [0.5, 0.6) is 0 Å². The van der Waals surface area contributed by atoms with Crippen molar-refractivity contribution in [3.8, 4) is 0 Å². The molecule has 0 spiro atoms. The summed E-state index contributed by atoms with van der Waals surface area (Å²) in [5, 5.41) is 2.84. The minimum Gasteiger partial charge on any atom is -0.376 e. The highest BCUT2D eigenvalue weighted by Crippen LogP contribution is 2.12. The SMILES string of the molecule is CC1OCCC1NC(=O)c1cccc(=O)[nH]1. The number of ether oxygens (including phenoxy) is 1. The number of carbonyl (C=O) groups is 1. The van der Waals surface area contributed by atoms with Crippen LogP contribution in [0.1, 0.15) is 23.8 Å². The molecule has 0 bridgehead atoms. The molecule has 0 saturated carbocycles. The van der Waals surface area contributed by atoms with E-state index in [0.717, 1.165) is 6.42 Å². The average Bonchev–Trinajstić information content (AvgIpc) is 2.64. The topological polar surface area (TPSA) is 71.2 Å². The Morgan fingerprint density at radius 1 is 1.56 bits per heavy atom. The molecule has 2 rings (SSSR count). The van der Waals surface area contributed by atoms with Crippen LogP contribution in [0.25, 0.3) is 0 Å². The Morgan fingerprint density at radius 2 is 2.38 bits per heavy atom. The molecule has 0 aliphatic carbocycles. The number of H-pyrrole nitrogens is 1. The largest absolute Gasteiger partial charge is 0.376 e. The summed E-state index contributed by atoms with van der Waals surface area (Å²) in [6, 6.07) is 4.54. The Hall–Kier alpha value is -1.62. The van der Waals surface area contributed by atoms with E-state index in [1.54, 1.807) is 12.1 Å². The van der Waals surface area contributed by atoms with Gasteiger partial charge in [0.05, 0.1) is 12.1 Å². The van der Waals surface area contributed by atoms with Crippen LogP contribution in [0.15, 0.2) is 23.0 Å². The van der Waals surface area contributed by atoms with Crippen LogP contribution in [-0.2, 0) is 4.74 Å². The van der Waals surface area contributed by atoms with Gasteiger partial charge in [-0.2, -0.15) is 0 Å². The van der Waals surface area contributed by atoms with Crippen molar-refractivity contribution in [2.24, 2.45) is 0 Å². The lowest BCUT2D eigenvalue weighted by Crippen LogP contribution is -2.39. The van der Waals surface area contributed by atoms with E-state index >= 15 is 0 Å². The molecule has 2 atom stereocenters. The fraction of sp³-hybridized carbons (Fsp3) is 0.455. The second-order valence-corrected chi connectivity index (χ2v) is 3.87. The number of pyridine rings is 1. The van der Waals surface area contributed by atoms with Gasteiger partial charge in [-0.05, 0) is 19.4 Å². The summed E-state index contributed by atoms with van der Waals surface area (Å²) in [6.45, 7) is 2.59. The van der Waals surface area contributed by atoms with Gasteiger partial charge in [0.2, 0.25) is 5.56 Å². The summed E-state index contributed by atoms with van der Waals surface area (Å²) in [6.07, 6.45) is 0.837. The zero-order valence-electron chi connectivity index (χ0n) is 9.03. The molecule has 1 amide bonds. The third-order valence-corrected chi connectivity index (χ3v) is 2.71. The molecule has 0 radical (unpaired) electrons. The second kappa shape index (κ2) is 4.49. The molecule has 86 valence electrons. The minimum absolute atomic E-state index is 0.0243. The van der Waals surface area contributed by atoms with Gasteiger partial charge in [-0.15, -0.1) is 0 Å². The van der Waals surface area contributed by atoms with E-state index in [4.69, 9.17) is 4.74 Å². The second-order valence-electron chi connectivity index (χ2n) is 3.87. The number of rotatable bonds is 2. The molecular weight excluding hydrogens is 208 g/mol. The van der Waals surface area contributed by atoms with E-state index < -0.39 is 0 Å². The van der Waals surface area contributed by atoms with Crippen molar-refractivity contribution >= 4 is 5.91 Å². The van der Waals surface area contributed by atoms with E-state index in [0.29, 0.717) is 6.61 Å². The fourth-order valence-electron chi connectivity index (χ4n) is 1.75. The van der Waals surface area contributed by atoms with E-state index in [1.807, 2.05) is 6.92 Å². The van der Waals surface area contributed by atoms with Gasteiger partial charge in [0, 0.05) is 12.7 Å². The number of aromatic amines is 1. The standard InChI is InChI=1S/C11H14N2O3/c1-7-8(5-6-16-7)13-11(15)9-3-2-4-10(14)12-9/h2-4,7-8H,5-6H2,1H3,(H,12,14)(H,13,15). The van der Waals surface area contributed by atoms with Gasteiger partial charge in [-0.3, -0.25) is 9.59 Å². The van der Waals surface area contributed by atoms with E-state index in [1.165, 1.54) is 6.07 Å². The highest BCUT2D eigenvalue weighted by Gasteiger charge is 2.26. The molecule has 2 heterocycles. The molecule has 2 N–H and O–H groups in total. The van der Waals surface area contributed by atoms with Gasteiger partial charge in [-0.1, -0.05) is 6.07 Å². The van der Waals surface area contributed by atoms with Crippen molar-refractivity contribution < 1.29 is 9.53 Å². The first kappa shape index (κ1) is 10.9. The molecule has 1 fully saturated rings. The van der Waals surface area contributed by atoms with Crippen LogP contribution in [0.2, 0.25) is 0 Å². The Kier molecular flexibility index (Phi) is 3.05. The number of nitrogens with one attached hydrogen (secondary N) is 2. The molecule has 1 aliphatic heterocycles. The van der Waals surface area contributed by atoms with Crippen LogP contribution >= 0.6 is 0 Å². The first-order chi connectivity index (χ1) is 7.66. The van der Waals surface area contributed by atoms with Gasteiger partial charge in [0.15, 0.2) is 0 Å². The number of carbonyl (C=O) groups excluding carboxylic acids is 1. The molecule has 1 aromatic rings. The maximum Gasteiger partial charge on any atom is 0.268 e. The lowest BCUT2D eigenvalue weighted by atomic mass is 10.1. The first-order valence-electron chi connectivity index (χ1n) is 5.28. The molecule has 16 heavy (non-hydrogen) atoms. The number of amides is 1. The number of aromatic nitrogens is 1. The van der Waals surface area contributed by atoms with Crippen molar-refractivity contribution in [1.82, 2.24) is 10.3 Å². The minimum atomic E-state index is -0.275. The summed E-state index contributed by atoms with van der Waals surface area (Å²) in [4.78, 5) is 25.3. The van der Waals surface area contributed by atoms with Gasteiger partial charge < -0.3 is 15.0 Å². The Morgan fingerprint density at radius 3 is 3.00 bits per heavy atom. The van der Waals surface area contributed by atoms with Crippen molar-refractivity contribution in [3.63, 3.8) is 0 Å². The quantitative estimate of drug-likeness (QED) is 0.755. The Bertz CT molecular complexity index is 441. The van der Waals surface area contributed by atoms with Crippen molar-refractivity contribution in [2.45, 2.75) is 25.5 Å². The van der Waals surface area contributed by atoms with Crippen LogP contribution in [0.3, 0.4) is 0 Å². The molecule has 5 nitrogen and oxygen atoms in total. The van der Waals surface area contributed by atoms with E-state index in [-0.39, 0.29) is 29.3 Å². The predicted molar refractivity (Wildman–Crippen MR) is 58.3 cm³/mol. The van der Waals surface area contributed by atoms with Gasteiger partial charge in [0.25, 0.3) is 5.91 Å². The van der Waals surface area contributed by atoms with Crippen LogP contribution in [-0.4, -0.2) is 29.6 Å². The van der Waals surface area contributed by atoms with Crippen molar-refractivity contribution in [1.29, 1.82) is 0 Å². The smallest absolute Gasteiger partial charge is 0.268 e. The molecule has 5 heteroatoms. The van der Waals surface area contributed by atoms with Gasteiger partial charge in [-0.25, -0.2) is 0 Å². The summed E-state index contributed by atoms with van der Waals surface area (Å²) >= 11 is 0. The summed E-state index contributed by atoms with van der Waals surface area (Å²) < 4.78 is 5.34. The summed E-state index contributed by atoms with van der Waals surface area (Å²) in [7, 11) is 0. The highest BCUT2D eigenvalue weighted by atomic mass is 16.5. The maximum atomic E-state index is 11.8. The zero-order chi connectivity index (χ0) is 11.5. The van der Waals surface area contributed by atoms with E-state index in [2.05, 4.69) is 10.3 Å². The van der Waals surface area contributed by atoms with Crippen LogP contribution in [0.4, 0.5) is 0 Å². The van der Waals surface area contributed by atoms with Crippen molar-refractivity contribution in [2.75, 3.05) is 6.61 Å². The van der Waals surface area contributed by atoms with E-state index in [9.17, 15) is 9.59 Å². The average molecular weight is 222 g/mol. The monoisotopic (exact) mass is 222 g/mol. The highest BCUT2D eigenvalue weighted by molar-refractivity contribution is 5.92. The molecule has 1 aliphatic rings. The fourth-order valence-corrected chi connectivity index (χ4v) is 1.75. The molecule has 0 aromatic carbocycles. The summed E-state index contributed by atoms with van der Waals surface area (Å²) in [5.41, 5.74) is 0.00923. The predicted octanol–water partition coefficient (Wildman–Crippen LogP) is 0.282. The summed E-state index contributed by atoms with van der Waals surface area (Å²) in [5.74, 6) is -0.264. The molecular formula is C11H14N2O3. The lowest BCUT2D eigenvalue weighted by Gasteiger charge is -2.15. The van der Waals surface area contributed by atoms with Crippen molar-refractivity contribution in [3.05, 3.63) is 34.2 Å². The number of hydrogen-bond donors (Lipinski definition) is 2. The lowest BCUT2D eigenvalue weighted by molar-refractivity contribution is 0.0861. The third-order valence-electron chi connectivity index (χ3n) is 2.71. The van der Waals surface area contributed by atoms with Gasteiger partial charge >= 0.3 is 0 Å². The zero-order valence-corrected chi connectivity index (χ0v) is 9.03. The Balaban J connectivity index is 2.05. The molecule has 1 aromatic heterocycles. The normalized spacial score (nSPS) is 24.3. The van der Waals surface area contributed by atoms with Crippen LogP contribution < -0.4 is 10.9 Å². The van der Waals surface area contributed by atoms with Gasteiger partial charge in [0.1, 0.15) is 5.69 Å². The Labute approximate surface area is 92.8 Å². The molecule has 1 saturated heterocycles.